The SMILES string of the molecule is COc1ccc(C(C#N)c2nccn2C)cc1OC. The molecule has 5 heteroatoms. The van der Waals surface area contributed by atoms with E-state index in [4.69, 9.17) is 9.47 Å². The number of aromatic nitrogens is 2. The Morgan fingerprint density at radius 2 is 2.00 bits per heavy atom. The van der Waals surface area contributed by atoms with Gasteiger partial charge >= 0.3 is 0 Å². The van der Waals surface area contributed by atoms with Crippen molar-refractivity contribution in [3.05, 3.63) is 42.0 Å². The molecule has 0 N–H and O–H groups in total. The smallest absolute Gasteiger partial charge is 0.161 e. The minimum absolute atomic E-state index is 0.431. The van der Waals surface area contributed by atoms with E-state index < -0.39 is 5.92 Å². The predicted octanol–water partition coefficient (Wildman–Crippen LogP) is 2.09. The van der Waals surface area contributed by atoms with Crippen molar-refractivity contribution < 1.29 is 9.47 Å². The molecule has 1 heterocycles. The number of benzene rings is 1. The molecule has 0 aliphatic carbocycles. The summed E-state index contributed by atoms with van der Waals surface area (Å²) in [5.41, 5.74) is 0.828. The third-order valence-corrected chi connectivity index (χ3v) is 2.99. The fourth-order valence-electron chi connectivity index (χ4n) is 1.97. The van der Waals surface area contributed by atoms with Gasteiger partial charge in [0, 0.05) is 19.4 Å². The Balaban J connectivity index is 2.46. The largest absolute Gasteiger partial charge is 0.493 e. The maximum atomic E-state index is 9.39. The van der Waals surface area contributed by atoms with Crippen LogP contribution in [0.4, 0.5) is 0 Å². The van der Waals surface area contributed by atoms with Gasteiger partial charge in [0.05, 0.1) is 20.3 Å². The molecular formula is C14H15N3O2. The Morgan fingerprint density at radius 1 is 1.26 bits per heavy atom. The summed E-state index contributed by atoms with van der Waals surface area (Å²) in [6.07, 6.45) is 3.50. The summed E-state index contributed by atoms with van der Waals surface area (Å²) >= 11 is 0. The molecule has 5 nitrogen and oxygen atoms in total. The van der Waals surface area contributed by atoms with Crippen LogP contribution in [-0.2, 0) is 7.05 Å². The molecule has 0 spiro atoms. The van der Waals surface area contributed by atoms with Crippen LogP contribution in [-0.4, -0.2) is 23.8 Å². The first-order valence-corrected chi connectivity index (χ1v) is 5.80. The van der Waals surface area contributed by atoms with Crippen molar-refractivity contribution in [3.63, 3.8) is 0 Å². The Bertz CT molecular complexity index is 613. The molecule has 1 aromatic carbocycles. The fourth-order valence-corrected chi connectivity index (χ4v) is 1.97. The summed E-state index contributed by atoms with van der Waals surface area (Å²) in [4.78, 5) is 4.23. The number of aryl methyl sites for hydroxylation is 1. The van der Waals surface area contributed by atoms with Crippen LogP contribution in [0.5, 0.6) is 11.5 Å². The molecule has 0 aliphatic rings. The summed E-state index contributed by atoms with van der Waals surface area (Å²) in [6.45, 7) is 0. The quantitative estimate of drug-likeness (QED) is 0.841. The van der Waals surface area contributed by atoms with E-state index in [1.807, 2.05) is 23.9 Å². The van der Waals surface area contributed by atoms with E-state index in [-0.39, 0.29) is 0 Å². The highest BCUT2D eigenvalue weighted by Crippen LogP contribution is 2.32. The van der Waals surface area contributed by atoms with Crippen LogP contribution in [0, 0.1) is 11.3 Å². The lowest BCUT2D eigenvalue weighted by Crippen LogP contribution is -2.06. The van der Waals surface area contributed by atoms with Crippen LogP contribution in [0.25, 0.3) is 0 Å². The molecule has 1 unspecified atom stereocenters. The summed E-state index contributed by atoms with van der Waals surface area (Å²) < 4.78 is 12.3. The summed E-state index contributed by atoms with van der Waals surface area (Å²) in [6, 6.07) is 7.72. The lowest BCUT2D eigenvalue weighted by Gasteiger charge is -2.13. The third-order valence-electron chi connectivity index (χ3n) is 2.99. The number of rotatable bonds is 4. The molecule has 2 rings (SSSR count). The van der Waals surface area contributed by atoms with Gasteiger partial charge in [-0.3, -0.25) is 0 Å². The minimum Gasteiger partial charge on any atom is -0.493 e. The maximum absolute atomic E-state index is 9.39. The second-order valence-electron chi connectivity index (χ2n) is 4.07. The molecule has 1 aromatic heterocycles. The molecule has 2 aromatic rings. The number of nitrogens with zero attached hydrogens (tertiary/aromatic N) is 3. The van der Waals surface area contributed by atoms with Gasteiger partial charge in [-0.15, -0.1) is 0 Å². The van der Waals surface area contributed by atoms with Gasteiger partial charge in [-0.25, -0.2) is 4.98 Å². The molecule has 1 atom stereocenters. The third kappa shape index (κ3) is 2.38. The Labute approximate surface area is 112 Å². The van der Waals surface area contributed by atoms with E-state index in [1.54, 1.807) is 32.5 Å². The minimum atomic E-state index is -0.431. The molecule has 0 saturated carbocycles. The lowest BCUT2D eigenvalue weighted by atomic mass is 9.99. The van der Waals surface area contributed by atoms with E-state index in [0.717, 1.165) is 5.56 Å². The van der Waals surface area contributed by atoms with Crippen LogP contribution in [0.3, 0.4) is 0 Å². The van der Waals surface area contributed by atoms with Crippen molar-refractivity contribution in [1.29, 1.82) is 5.26 Å². The first kappa shape index (κ1) is 13.0. The van der Waals surface area contributed by atoms with Gasteiger partial charge in [-0.1, -0.05) is 6.07 Å². The van der Waals surface area contributed by atoms with Crippen LogP contribution >= 0.6 is 0 Å². The van der Waals surface area contributed by atoms with Gasteiger partial charge in [-0.2, -0.15) is 5.26 Å². The molecular weight excluding hydrogens is 242 g/mol. The summed E-state index contributed by atoms with van der Waals surface area (Å²) in [5, 5.41) is 9.39. The molecule has 0 fully saturated rings. The number of imidazole rings is 1. The monoisotopic (exact) mass is 257 g/mol. The number of methoxy groups -OCH3 is 2. The standard InChI is InChI=1S/C14H15N3O2/c1-17-7-6-16-14(17)11(9-15)10-4-5-12(18-2)13(8-10)19-3/h4-8,11H,1-3H3. The van der Waals surface area contributed by atoms with Crippen molar-refractivity contribution in [2.75, 3.05) is 14.2 Å². The zero-order valence-corrected chi connectivity index (χ0v) is 11.1. The van der Waals surface area contributed by atoms with Crippen LogP contribution in [0.2, 0.25) is 0 Å². The molecule has 0 saturated heterocycles. The Hall–Kier alpha value is -2.48. The topological polar surface area (TPSA) is 60.1 Å². The van der Waals surface area contributed by atoms with Crippen molar-refractivity contribution in [2.45, 2.75) is 5.92 Å². The van der Waals surface area contributed by atoms with E-state index in [2.05, 4.69) is 11.1 Å². The van der Waals surface area contributed by atoms with Crippen molar-refractivity contribution in [1.82, 2.24) is 9.55 Å². The Morgan fingerprint density at radius 3 is 2.53 bits per heavy atom. The molecule has 98 valence electrons. The fraction of sp³-hybridized carbons (Fsp3) is 0.286. The number of ether oxygens (including phenoxy) is 2. The number of hydrogen-bond acceptors (Lipinski definition) is 4. The first-order valence-electron chi connectivity index (χ1n) is 5.80. The number of nitriles is 1. The van der Waals surface area contributed by atoms with E-state index in [0.29, 0.717) is 17.3 Å². The Kier molecular flexibility index (Phi) is 3.71. The molecule has 19 heavy (non-hydrogen) atoms. The van der Waals surface area contributed by atoms with Gasteiger partial charge in [-0.05, 0) is 17.7 Å². The summed E-state index contributed by atoms with van der Waals surface area (Å²) in [7, 11) is 5.02. The summed E-state index contributed by atoms with van der Waals surface area (Å²) in [5.74, 6) is 1.52. The van der Waals surface area contributed by atoms with Gasteiger partial charge in [0.25, 0.3) is 0 Å². The van der Waals surface area contributed by atoms with E-state index >= 15 is 0 Å². The molecule has 0 bridgehead atoms. The highest BCUT2D eigenvalue weighted by atomic mass is 16.5. The normalized spacial score (nSPS) is 11.7. The lowest BCUT2D eigenvalue weighted by molar-refractivity contribution is 0.354. The zero-order valence-electron chi connectivity index (χ0n) is 11.1. The molecule has 0 radical (unpaired) electrons. The van der Waals surface area contributed by atoms with Crippen molar-refractivity contribution in [2.24, 2.45) is 7.05 Å². The zero-order chi connectivity index (χ0) is 13.8. The van der Waals surface area contributed by atoms with Crippen LogP contribution in [0.1, 0.15) is 17.3 Å². The predicted molar refractivity (Wildman–Crippen MR) is 70.2 cm³/mol. The average Bonchev–Trinajstić information content (AvgIpc) is 2.86. The second-order valence-corrected chi connectivity index (χ2v) is 4.07. The van der Waals surface area contributed by atoms with Gasteiger partial charge in [0.1, 0.15) is 11.7 Å². The van der Waals surface area contributed by atoms with Gasteiger partial charge in [0.2, 0.25) is 0 Å². The van der Waals surface area contributed by atoms with E-state index in [9.17, 15) is 5.26 Å². The number of hydrogen-bond donors (Lipinski definition) is 0. The second kappa shape index (κ2) is 5.44. The maximum Gasteiger partial charge on any atom is 0.161 e. The van der Waals surface area contributed by atoms with Crippen molar-refractivity contribution >= 4 is 0 Å². The van der Waals surface area contributed by atoms with Crippen LogP contribution in [0.15, 0.2) is 30.6 Å². The van der Waals surface area contributed by atoms with Crippen LogP contribution < -0.4 is 9.47 Å². The molecule has 0 amide bonds. The molecule has 0 aliphatic heterocycles. The van der Waals surface area contributed by atoms with Gasteiger partial charge < -0.3 is 14.0 Å². The highest BCUT2D eigenvalue weighted by Gasteiger charge is 2.19. The van der Waals surface area contributed by atoms with Gasteiger partial charge in [0.15, 0.2) is 11.5 Å². The average molecular weight is 257 g/mol. The van der Waals surface area contributed by atoms with E-state index in [1.165, 1.54) is 0 Å². The van der Waals surface area contributed by atoms with Crippen molar-refractivity contribution in [3.8, 4) is 17.6 Å². The first-order chi connectivity index (χ1) is 9.21. The highest BCUT2D eigenvalue weighted by molar-refractivity contribution is 5.46.